The summed E-state index contributed by atoms with van der Waals surface area (Å²) in [7, 11) is 2.18. The second kappa shape index (κ2) is 11.9. The molecule has 31 heavy (non-hydrogen) atoms. The topological polar surface area (TPSA) is 46.1 Å². The Morgan fingerprint density at radius 2 is 1.84 bits per heavy atom. The summed E-state index contributed by atoms with van der Waals surface area (Å²) in [5, 5.41) is 7.91. The number of aliphatic imine (C=N–C) groups is 1. The second-order valence-corrected chi connectivity index (χ2v) is 9.74. The summed E-state index contributed by atoms with van der Waals surface area (Å²) in [6.07, 6.45) is 2.32. The highest BCUT2D eigenvalue weighted by Crippen LogP contribution is 2.29. The Balaban J connectivity index is 1.64. The zero-order valence-corrected chi connectivity index (χ0v) is 20.6. The Bertz CT molecular complexity index is 706. The number of nitrogens with one attached hydrogen (secondary N) is 2. The Labute approximate surface area is 194 Å². The Hall–Kier alpha value is -1.50. The quantitative estimate of drug-likeness (QED) is 0.495. The van der Waals surface area contributed by atoms with Gasteiger partial charge >= 0.3 is 0 Å². The van der Waals surface area contributed by atoms with E-state index in [1.807, 2.05) is 6.07 Å². The van der Waals surface area contributed by atoms with Crippen LogP contribution in [0.4, 0.5) is 5.69 Å². The molecule has 0 spiro atoms. The summed E-state index contributed by atoms with van der Waals surface area (Å²) in [5.41, 5.74) is 2.35. The second-order valence-electron chi connectivity index (χ2n) is 9.34. The highest BCUT2D eigenvalue weighted by atomic mass is 35.5. The molecule has 2 N–H and O–H groups in total. The number of hydrogen-bond acceptors (Lipinski definition) is 4. The van der Waals surface area contributed by atoms with Crippen LogP contribution in [0.3, 0.4) is 0 Å². The molecule has 7 heteroatoms. The SMILES string of the molecule is CCNC(=NCc1c(Cl)cccc1N1CCN(C)CC1)NC1CCN(CC(C)C)CC1. The van der Waals surface area contributed by atoms with Crippen LogP contribution in [0.2, 0.25) is 5.02 Å². The number of benzene rings is 1. The number of piperidine rings is 1. The molecule has 2 saturated heterocycles. The monoisotopic (exact) mass is 448 g/mol. The predicted molar refractivity (Wildman–Crippen MR) is 133 cm³/mol. The van der Waals surface area contributed by atoms with Crippen molar-refractivity contribution in [2.45, 2.75) is 46.2 Å². The van der Waals surface area contributed by atoms with E-state index in [1.165, 1.54) is 12.2 Å². The van der Waals surface area contributed by atoms with Gasteiger partial charge in [0.2, 0.25) is 0 Å². The van der Waals surface area contributed by atoms with E-state index in [0.29, 0.717) is 12.6 Å². The van der Waals surface area contributed by atoms with E-state index in [2.05, 4.69) is 65.3 Å². The number of hydrogen-bond donors (Lipinski definition) is 2. The van der Waals surface area contributed by atoms with Gasteiger partial charge in [-0.25, -0.2) is 4.99 Å². The number of halogens is 1. The van der Waals surface area contributed by atoms with E-state index in [-0.39, 0.29) is 0 Å². The van der Waals surface area contributed by atoms with E-state index in [0.717, 1.165) is 81.1 Å². The van der Waals surface area contributed by atoms with E-state index < -0.39 is 0 Å². The van der Waals surface area contributed by atoms with Crippen LogP contribution in [-0.4, -0.2) is 81.2 Å². The molecule has 0 bridgehead atoms. The van der Waals surface area contributed by atoms with Gasteiger partial charge in [0.05, 0.1) is 6.54 Å². The smallest absolute Gasteiger partial charge is 0.191 e. The van der Waals surface area contributed by atoms with Crippen LogP contribution in [0, 0.1) is 5.92 Å². The molecule has 0 aliphatic carbocycles. The standard InChI is InChI=1S/C24H41ClN6/c1-5-26-24(28-20-9-11-30(12-10-20)18-19(2)3)27-17-21-22(25)7-6-8-23(21)31-15-13-29(4)14-16-31/h6-8,19-20H,5,9-18H2,1-4H3,(H2,26,27,28). The maximum absolute atomic E-state index is 6.63. The highest BCUT2D eigenvalue weighted by molar-refractivity contribution is 6.31. The zero-order valence-electron chi connectivity index (χ0n) is 19.8. The summed E-state index contributed by atoms with van der Waals surface area (Å²) in [5.74, 6) is 1.63. The average Bonchev–Trinajstić information content (AvgIpc) is 2.74. The van der Waals surface area contributed by atoms with Crippen molar-refractivity contribution in [3.05, 3.63) is 28.8 Å². The third-order valence-electron chi connectivity index (χ3n) is 6.23. The van der Waals surface area contributed by atoms with Crippen molar-refractivity contribution >= 4 is 23.2 Å². The van der Waals surface area contributed by atoms with Gasteiger partial charge in [0.25, 0.3) is 0 Å². The van der Waals surface area contributed by atoms with Gasteiger partial charge in [0, 0.05) is 74.7 Å². The minimum atomic E-state index is 0.476. The minimum Gasteiger partial charge on any atom is -0.369 e. The number of likely N-dealkylation sites (tertiary alicyclic amines) is 1. The van der Waals surface area contributed by atoms with E-state index in [1.54, 1.807) is 0 Å². The summed E-state index contributed by atoms with van der Waals surface area (Å²) >= 11 is 6.63. The van der Waals surface area contributed by atoms with Crippen LogP contribution in [-0.2, 0) is 6.54 Å². The molecular formula is C24H41ClN6. The average molecular weight is 449 g/mol. The van der Waals surface area contributed by atoms with Gasteiger partial charge in [-0.15, -0.1) is 0 Å². The molecule has 2 fully saturated rings. The zero-order chi connectivity index (χ0) is 22.2. The normalized spacial score (nSPS) is 19.8. The summed E-state index contributed by atoms with van der Waals surface area (Å²) in [6, 6.07) is 6.70. The molecule has 2 aliphatic heterocycles. The lowest BCUT2D eigenvalue weighted by atomic mass is 10.0. The lowest BCUT2D eigenvalue weighted by Gasteiger charge is -2.35. The number of piperazine rings is 1. The first-order valence-electron chi connectivity index (χ1n) is 11.9. The fraction of sp³-hybridized carbons (Fsp3) is 0.708. The van der Waals surface area contributed by atoms with Crippen molar-refractivity contribution in [3.8, 4) is 0 Å². The molecule has 0 radical (unpaired) electrons. The van der Waals surface area contributed by atoms with Crippen LogP contribution >= 0.6 is 11.6 Å². The molecule has 6 nitrogen and oxygen atoms in total. The number of nitrogens with zero attached hydrogens (tertiary/aromatic N) is 4. The predicted octanol–water partition coefficient (Wildman–Crippen LogP) is 3.27. The number of rotatable bonds is 7. The third-order valence-corrected chi connectivity index (χ3v) is 6.58. The third kappa shape index (κ3) is 7.26. The van der Waals surface area contributed by atoms with Crippen molar-refractivity contribution in [3.63, 3.8) is 0 Å². The molecule has 3 rings (SSSR count). The Morgan fingerprint density at radius 1 is 1.13 bits per heavy atom. The van der Waals surface area contributed by atoms with E-state index in [9.17, 15) is 0 Å². The van der Waals surface area contributed by atoms with Crippen molar-refractivity contribution in [1.82, 2.24) is 20.4 Å². The summed E-state index contributed by atoms with van der Waals surface area (Å²) < 4.78 is 0. The number of guanidine groups is 1. The highest BCUT2D eigenvalue weighted by Gasteiger charge is 2.21. The Kier molecular flexibility index (Phi) is 9.30. The fourth-order valence-electron chi connectivity index (χ4n) is 4.50. The fourth-order valence-corrected chi connectivity index (χ4v) is 4.72. The van der Waals surface area contributed by atoms with Crippen LogP contribution < -0.4 is 15.5 Å². The molecule has 174 valence electrons. The first kappa shape index (κ1) is 24.1. The van der Waals surface area contributed by atoms with E-state index in [4.69, 9.17) is 16.6 Å². The minimum absolute atomic E-state index is 0.476. The van der Waals surface area contributed by atoms with Crippen LogP contribution in [0.5, 0.6) is 0 Å². The van der Waals surface area contributed by atoms with Gasteiger partial charge in [-0.05, 0) is 44.9 Å². The van der Waals surface area contributed by atoms with Crippen LogP contribution in [0.1, 0.15) is 39.2 Å². The first-order chi connectivity index (χ1) is 15.0. The van der Waals surface area contributed by atoms with E-state index >= 15 is 0 Å². The van der Waals surface area contributed by atoms with Gasteiger partial charge in [-0.3, -0.25) is 0 Å². The number of anilines is 1. The van der Waals surface area contributed by atoms with Crippen molar-refractivity contribution in [2.24, 2.45) is 10.9 Å². The van der Waals surface area contributed by atoms with Gasteiger partial charge < -0.3 is 25.3 Å². The molecule has 0 unspecified atom stereocenters. The molecule has 1 aromatic rings. The molecular weight excluding hydrogens is 408 g/mol. The van der Waals surface area contributed by atoms with Gasteiger partial charge in [0.1, 0.15) is 0 Å². The Morgan fingerprint density at radius 3 is 2.48 bits per heavy atom. The first-order valence-corrected chi connectivity index (χ1v) is 12.3. The maximum Gasteiger partial charge on any atom is 0.191 e. The van der Waals surface area contributed by atoms with Crippen molar-refractivity contribution in [2.75, 3.05) is 64.3 Å². The van der Waals surface area contributed by atoms with Crippen molar-refractivity contribution in [1.29, 1.82) is 0 Å². The molecule has 2 heterocycles. The van der Waals surface area contributed by atoms with Gasteiger partial charge in [-0.2, -0.15) is 0 Å². The molecule has 1 aromatic carbocycles. The van der Waals surface area contributed by atoms with Crippen LogP contribution in [0.15, 0.2) is 23.2 Å². The van der Waals surface area contributed by atoms with Gasteiger partial charge in [-0.1, -0.05) is 31.5 Å². The number of likely N-dealkylation sites (N-methyl/N-ethyl adjacent to an activating group) is 1. The molecule has 0 saturated carbocycles. The molecule has 0 aromatic heterocycles. The summed E-state index contributed by atoms with van der Waals surface area (Å²) in [4.78, 5) is 12.3. The molecule has 2 aliphatic rings. The lowest BCUT2D eigenvalue weighted by molar-refractivity contribution is 0.187. The largest absolute Gasteiger partial charge is 0.369 e. The summed E-state index contributed by atoms with van der Waals surface area (Å²) in [6.45, 7) is 15.9. The molecule has 0 atom stereocenters. The maximum atomic E-state index is 6.63. The van der Waals surface area contributed by atoms with Crippen molar-refractivity contribution < 1.29 is 0 Å². The van der Waals surface area contributed by atoms with Crippen LogP contribution in [0.25, 0.3) is 0 Å². The van der Waals surface area contributed by atoms with Gasteiger partial charge in [0.15, 0.2) is 5.96 Å². The molecule has 0 amide bonds. The lowest BCUT2D eigenvalue weighted by Crippen LogP contribution is -2.49.